The minimum atomic E-state index is -0.811. The van der Waals surface area contributed by atoms with E-state index in [-0.39, 0.29) is 11.8 Å². The van der Waals surface area contributed by atoms with Gasteiger partial charge in [-0.05, 0) is 31.2 Å². The van der Waals surface area contributed by atoms with E-state index in [2.05, 4.69) is 0 Å². The van der Waals surface area contributed by atoms with Crippen LogP contribution in [0.1, 0.15) is 30.9 Å². The summed E-state index contributed by atoms with van der Waals surface area (Å²) in [4.78, 5) is 26.5. The van der Waals surface area contributed by atoms with E-state index in [1.54, 1.807) is 4.90 Å². The maximum atomic E-state index is 13.4. The number of benzene rings is 1. The number of hydrogen-bond donors (Lipinski definition) is 1. The molecule has 0 unspecified atom stereocenters. The zero-order valence-electron chi connectivity index (χ0n) is 14.3. The van der Waals surface area contributed by atoms with Crippen LogP contribution in [0.25, 0.3) is 0 Å². The molecule has 24 heavy (non-hydrogen) atoms. The number of nitrogens with zero attached hydrogens (tertiary/aromatic N) is 1. The highest BCUT2D eigenvalue weighted by Gasteiger charge is 2.47. The summed E-state index contributed by atoms with van der Waals surface area (Å²) in [6, 6.07) is 8.14. The van der Waals surface area contributed by atoms with E-state index in [0.29, 0.717) is 39.1 Å². The van der Waals surface area contributed by atoms with Crippen LogP contribution in [0.5, 0.6) is 0 Å². The fraction of sp³-hybridized carbons (Fsp3) is 0.579. The molecule has 2 aliphatic heterocycles. The number of carbonyl (C=O) groups excluding carboxylic acids is 1. The molecule has 130 valence electrons. The van der Waals surface area contributed by atoms with Crippen LogP contribution in [0.3, 0.4) is 0 Å². The first-order valence-electron chi connectivity index (χ1n) is 8.61. The summed E-state index contributed by atoms with van der Waals surface area (Å²) >= 11 is 0. The molecular formula is C19H25NO4. The Morgan fingerprint density at radius 1 is 1.17 bits per heavy atom. The highest BCUT2D eigenvalue weighted by Crippen LogP contribution is 2.39. The molecule has 1 amide bonds. The monoisotopic (exact) mass is 331 g/mol. The molecule has 2 saturated heterocycles. The van der Waals surface area contributed by atoms with Gasteiger partial charge in [0, 0.05) is 26.3 Å². The SMILES string of the molecule is Cc1ccc(C2(C(=O)N3C[C@@H](C)[C@H](C(=O)O)C3)CCOCC2)cc1. The minimum absolute atomic E-state index is 0.0126. The van der Waals surface area contributed by atoms with Crippen molar-refractivity contribution in [2.24, 2.45) is 11.8 Å². The van der Waals surface area contributed by atoms with Gasteiger partial charge in [0.2, 0.25) is 5.91 Å². The van der Waals surface area contributed by atoms with Crippen molar-refractivity contribution in [2.45, 2.75) is 32.1 Å². The van der Waals surface area contributed by atoms with Gasteiger partial charge in [-0.3, -0.25) is 9.59 Å². The lowest BCUT2D eigenvalue weighted by Crippen LogP contribution is -2.49. The van der Waals surface area contributed by atoms with Gasteiger partial charge in [-0.15, -0.1) is 0 Å². The van der Waals surface area contributed by atoms with Gasteiger partial charge in [0.15, 0.2) is 0 Å². The fourth-order valence-corrected chi connectivity index (χ4v) is 3.98. The molecule has 2 aliphatic rings. The van der Waals surface area contributed by atoms with Crippen molar-refractivity contribution in [1.29, 1.82) is 0 Å². The molecule has 1 N–H and O–H groups in total. The summed E-state index contributed by atoms with van der Waals surface area (Å²) in [6.07, 6.45) is 1.30. The number of amides is 1. The quantitative estimate of drug-likeness (QED) is 0.922. The van der Waals surface area contributed by atoms with E-state index in [9.17, 15) is 14.7 Å². The van der Waals surface area contributed by atoms with Gasteiger partial charge >= 0.3 is 5.97 Å². The van der Waals surface area contributed by atoms with Gasteiger partial charge in [0.05, 0.1) is 11.3 Å². The summed E-state index contributed by atoms with van der Waals surface area (Å²) < 4.78 is 5.50. The highest BCUT2D eigenvalue weighted by atomic mass is 16.5. The molecule has 2 fully saturated rings. The third kappa shape index (κ3) is 2.93. The first-order valence-corrected chi connectivity index (χ1v) is 8.61. The number of ether oxygens (including phenoxy) is 1. The van der Waals surface area contributed by atoms with Crippen molar-refractivity contribution in [3.63, 3.8) is 0 Å². The minimum Gasteiger partial charge on any atom is -0.481 e. The summed E-state index contributed by atoms with van der Waals surface area (Å²) in [5.41, 5.74) is 1.60. The molecule has 2 heterocycles. The van der Waals surface area contributed by atoms with Crippen molar-refractivity contribution < 1.29 is 19.4 Å². The Morgan fingerprint density at radius 3 is 2.33 bits per heavy atom. The van der Waals surface area contributed by atoms with Gasteiger partial charge in [-0.2, -0.15) is 0 Å². The summed E-state index contributed by atoms with van der Waals surface area (Å²) in [5, 5.41) is 9.35. The molecule has 1 aromatic carbocycles. The average Bonchev–Trinajstić information content (AvgIpc) is 2.97. The van der Waals surface area contributed by atoms with E-state index >= 15 is 0 Å². The first-order chi connectivity index (χ1) is 11.4. The second-order valence-corrected chi connectivity index (χ2v) is 7.19. The Morgan fingerprint density at radius 2 is 1.79 bits per heavy atom. The molecule has 0 spiro atoms. The number of likely N-dealkylation sites (tertiary alicyclic amines) is 1. The Balaban J connectivity index is 1.90. The topological polar surface area (TPSA) is 66.8 Å². The number of aryl methyl sites for hydroxylation is 1. The Bertz CT molecular complexity index is 619. The van der Waals surface area contributed by atoms with Gasteiger partial charge < -0.3 is 14.7 Å². The maximum Gasteiger partial charge on any atom is 0.308 e. The lowest BCUT2D eigenvalue weighted by atomic mass is 9.73. The molecule has 0 bridgehead atoms. The van der Waals surface area contributed by atoms with E-state index in [1.807, 2.05) is 38.1 Å². The van der Waals surface area contributed by atoms with E-state index in [0.717, 1.165) is 11.1 Å². The summed E-state index contributed by atoms with van der Waals surface area (Å²) in [6.45, 7) is 5.89. The van der Waals surface area contributed by atoms with E-state index < -0.39 is 17.3 Å². The molecule has 5 heteroatoms. The zero-order chi connectivity index (χ0) is 17.3. The van der Waals surface area contributed by atoms with E-state index in [4.69, 9.17) is 4.74 Å². The van der Waals surface area contributed by atoms with Gasteiger partial charge in [0.1, 0.15) is 0 Å². The van der Waals surface area contributed by atoms with Crippen LogP contribution in [0.4, 0.5) is 0 Å². The summed E-state index contributed by atoms with van der Waals surface area (Å²) in [5.74, 6) is -1.23. The number of rotatable bonds is 3. The second-order valence-electron chi connectivity index (χ2n) is 7.19. The van der Waals surface area contributed by atoms with Crippen LogP contribution in [-0.2, 0) is 19.7 Å². The molecule has 5 nitrogen and oxygen atoms in total. The van der Waals surface area contributed by atoms with E-state index in [1.165, 1.54) is 0 Å². The smallest absolute Gasteiger partial charge is 0.308 e. The predicted molar refractivity (Wildman–Crippen MR) is 89.8 cm³/mol. The standard InChI is InChI=1S/C19H25NO4/c1-13-3-5-15(6-4-13)19(7-9-24-10-8-19)18(23)20-11-14(2)16(12-20)17(21)22/h3-6,14,16H,7-12H2,1-2H3,(H,21,22)/t14-,16-/m1/s1. The largest absolute Gasteiger partial charge is 0.481 e. The summed E-state index contributed by atoms with van der Waals surface area (Å²) in [7, 11) is 0. The van der Waals surface area contributed by atoms with Crippen LogP contribution in [-0.4, -0.2) is 48.2 Å². The molecule has 2 atom stereocenters. The van der Waals surface area contributed by atoms with Gasteiger partial charge in [-0.1, -0.05) is 36.8 Å². The molecule has 0 radical (unpaired) electrons. The fourth-order valence-electron chi connectivity index (χ4n) is 3.98. The maximum absolute atomic E-state index is 13.4. The number of hydrogen-bond acceptors (Lipinski definition) is 3. The Kier molecular flexibility index (Phi) is 4.63. The van der Waals surface area contributed by atoms with Gasteiger partial charge in [0.25, 0.3) is 0 Å². The first kappa shape index (κ1) is 17.0. The average molecular weight is 331 g/mol. The molecule has 1 aromatic rings. The zero-order valence-corrected chi connectivity index (χ0v) is 14.3. The number of carbonyl (C=O) groups is 2. The van der Waals surface area contributed by atoms with Crippen LogP contribution in [0.15, 0.2) is 24.3 Å². The van der Waals surface area contributed by atoms with Crippen molar-refractivity contribution in [3.8, 4) is 0 Å². The van der Waals surface area contributed by atoms with Crippen molar-refractivity contribution in [1.82, 2.24) is 4.90 Å². The molecule has 0 aromatic heterocycles. The van der Waals surface area contributed by atoms with Crippen molar-refractivity contribution >= 4 is 11.9 Å². The Hall–Kier alpha value is -1.88. The van der Waals surface area contributed by atoms with Crippen molar-refractivity contribution in [3.05, 3.63) is 35.4 Å². The predicted octanol–water partition coefficient (Wildman–Crippen LogP) is 2.22. The second kappa shape index (κ2) is 6.55. The number of carboxylic acid groups (broad SMARTS) is 1. The third-order valence-electron chi connectivity index (χ3n) is 5.58. The van der Waals surface area contributed by atoms with Crippen LogP contribution in [0, 0.1) is 18.8 Å². The Labute approximate surface area is 142 Å². The molecule has 3 rings (SSSR count). The van der Waals surface area contributed by atoms with Crippen LogP contribution >= 0.6 is 0 Å². The van der Waals surface area contributed by atoms with Crippen molar-refractivity contribution in [2.75, 3.05) is 26.3 Å². The van der Waals surface area contributed by atoms with Crippen LogP contribution in [0.2, 0.25) is 0 Å². The molecular weight excluding hydrogens is 306 g/mol. The normalized spacial score (nSPS) is 26.3. The molecule has 0 aliphatic carbocycles. The van der Waals surface area contributed by atoms with Crippen LogP contribution < -0.4 is 0 Å². The number of aliphatic carboxylic acids is 1. The van der Waals surface area contributed by atoms with Gasteiger partial charge in [-0.25, -0.2) is 0 Å². The lowest BCUT2D eigenvalue weighted by molar-refractivity contribution is -0.143. The lowest BCUT2D eigenvalue weighted by Gasteiger charge is -2.39. The molecule has 0 saturated carbocycles. The highest BCUT2D eigenvalue weighted by molar-refractivity contribution is 5.89. The third-order valence-corrected chi connectivity index (χ3v) is 5.58. The number of carboxylic acids is 1.